The van der Waals surface area contributed by atoms with Gasteiger partial charge in [0.05, 0.1) is 42.2 Å². The monoisotopic (exact) mass is 628 g/mol. The van der Waals surface area contributed by atoms with Crippen LogP contribution in [0.25, 0.3) is 6.08 Å². The molecule has 0 aliphatic carbocycles. The Labute approximate surface area is 243 Å². The Morgan fingerprint density at radius 1 is 1.18 bits per heavy atom. The average Bonchev–Trinajstić information content (AvgIpc) is 3.23. The van der Waals surface area contributed by atoms with Crippen molar-refractivity contribution in [3.8, 4) is 23.0 Å². The number of esters is 1. The Morgan fingerprint density at radius 2 is 1.95 bits per heavy atom. The lowest BCUT2D eigenvalue weighted by Crippen LogP contribution is -2.40. The van der Waals surface area contributed by atoms with E-state index in [1.165, 1.54) is 11.7 Å². The predicted octanol–water partition coefficient (Wildman–Crippen LogP) is 4.24. The smallest absolute Gasteiger partial charge is 0.338 e. The molecule has 1 aliphatic heterocycles. The summed E-state index contributed by atoms with van der Waals surface area (Å²) < 4.78 is 24.7. The highest BCUT2D eigenvalue weighted by Gasteiger charge is 2.34. The van der Waals surface area contributed by atoms with Crippen LogP contribution in [0.2, 0.25) is 0 Å². The van der Waals surface area contributed by atoms with E-state index in [-0.39, 0.29) is 35.8 Å². The fourth-order valence-corrected chi connectivity index (χ4v) is 5.83. The van der Waals surface area contributed by atoms with Crippen LogP contribution in [-0.4, -0.2) is 42.6 Å². The van der Waals surface area contributed by atoms with Crippen molar-refractivity contribution in [2.24, 2.45) is 4.99 Å². The van der Waals surface area contributed by atoms with Crippen LogP contribution in [0.5, 0.6) is 23.0 Å². The van der Waals surface area contributed by atoms with E-state index in [0.29, 0.717) is 48.7 Å². The van der Waals surface area contributed by atoms with Gasteiger partial charge in [0, 0.05) is 10.0 Å². The molecule has 0 amide bonds. The molecule has 1 N–H and O–H groups in total. The van der Waals surface area contributed by atoms with Crippen molar-refractivity contribution in [3.05, 3.63) is 89.5 Å². The minimum absolute atomic E-state index is 0.104. The summed E-state index contributed by atoms with van der Waals surface area (Å²) in [6.07, 6.45) is 3.20. The number of halogens is 1. The first-order valence-electron chi connectivity index (χ1n) is 12.5. The molecule has 0 saturated carbocycles. The van der Waals surface area contributed by atoms with E-state index in [4.69, 9.17) is 18.9 Å². The van der Waals surface area contributed by atoms with E-state index >= 15 is 0 Å². The molecule has 2 aromatic carbocycles. The van der Waals surface area contributed by atoms with Gasteiger partial charge < -0.3 is 24.1 Å². The number of aromatic nitrogens is 1. The molecule has 40 heavy (non-hydrogen) atoms. The first kappa shape index (κ1) is 29.2. The van der Waals surface area contributed by atoms with Crippen LogP contribution in [0.3, 0.4) is 0 Å². The maximum Gasteiger partial charge on any atom is 0.338 e. The maximum absolute atomic E-state index is 13.9. The first-order chi connectivity index (χ1) is 19.2. The normalized spacial score (nSPS) is 14.8. The van der Waals surface area contributed by atoms with Crippen LogP contribution in [0, 0.1) is 0 Å². The molecular weight excluding hydrogens is 600 g/mol. The molecule has 2 heterocycles. The van der Waals surface area contributed by atoms with Crippen LogP contribution in [0.1, 0.15) is 37.9 Å². The highest BCUT2D eigenvalue weighted by atomic mass is 79.9. The van der Waals surface area contributed by atoms with E-state index in [1.54, 1.807) is 56.3 Å². The van der Waals surface area contributed by atoms with Crippen LogP contribution < -0.4 is 29.1 Å². The lowest BCUT2D eigenvalue weighted by molar-refractivity contribution is -0.139. The Hall–Kier alpha value is -3.83. The Kier molecular flexibility index (Phi) is 9.16. The summed E-state index contributed by atoms with van der Waals surface area (Å²) >= 11 is 4.56. The van der Waals surface area contributed by atoms with E-state index in [9.17, 15) is 14.7 Å². The van der Waals surface area contributed by atoms with Gasteiger partial charge in [0.25, 0.3) is 5.56 Å². The largest absolute Gasteiger partial charge is 0.504 e. The molecule has 9 nitrogen and oxygen atoms in total. The van der Waals surface area contributed by atoms with Gasteiger partial charge in [0.2, 0.25) is 0 Å². The first-order valence-corrected chi connectivity index (χ1v) is 14.1. The number of rotatable bonds is 10. The molecule has 0 saturated heterocycles. The number of hydrogen-bond donors (Lipinski definition) is 1. The third-order valence-electron chi connectivity index (χ3n) is 6.03. The van der Waals surface area contributed by atoms with Crippen molar-refractivity contribution in [1.29, 1.82) is 0 Å². The van der Waals surface area contributed by atoms with E-state index in [2.05, 4.69) is 27.5 Å². The number of methoxy groups -OCH3 is 1. The lowest BCUT2D eigenvalue weighted by Gasteiger charge is -2.25. The van der Waals surface area contributed by atoms with Crippen molar-refractivity contribution in [2.45, 2.75) is 26.8 Å². The second-order valence-corrected chi connectivity index (χ2v) is 10.5. The number of phenols is 1. The molecule has 210 valence electrons. The third kappa shape index (κ3) is 5.71. The van der Waals surface area contributed by atoms with Gasteiger partial charge in [-0.05, 0) is 56.7 Å². The highest BCUT2D eigenvalue weighted by Crippen LogP contribution is 2.37. The van der Waals surface area contributed by atoms with Crippen LogP contribution in [0.15, 0.2) is 68.5 Å². The molecule has 1 unspecified atom stereocenters. The Morgan fingerprint density at radius 3 is 2.62 bits per heavy atom. The summed E-state index contributed by atoms with van der Waals surface area (Å²) in [5.41, 5.74) is 1.30. The molecule has 0 spiro atoms. The molecule has 1 aliphatic rings. The number of allylic oxidation sites excluding steroid dienone is 1. The number of carbonyl (C=O) groups excluding carboxylic acids is 1. The molecule has 1 aromatic heterocycles. The lowest BCUT2D eigenvalue weighted by atomic mass is 9.95. The van der Waals surface area contributed by atoms with E-state index < -0.39 is 12.0 Å². The number of fused-ring (bicyclic) bond motifs is 1. The fourth-order valence-electron chi connectivity index (χ4n) is 4.34. The van der Waals surface area contributed by atoms with Gasteiger partial charge >= 0.3 is 5.97 Å². The number of thiazole rings is 1. The molecule has 3 aromatic rings. The van der Waals surface area contributed by atoms with Gasteiger partial charge in [-0.15, -0.1) is 0 Å². The molecule has 11 heteroatoms. The summed E-state index contributed by atoms with van der Waals surface area (Å²) in [6.45, 7) is 9.81. The minimum atomic E-state index is -0.837. The second-order valence-electron chi connectivity index (χ2n) is 8.59. The Balaban J connectivity index is 1.96. The molecule has 4 rings (SSSR count). The average molecular weight is 630 g/mol. The quantitative estimate of drug-likeness (QED) is 0.264. The van der Waals surface area contributed by atoms with Crippen molar-refractivity contribution < 1.29 is 28.8 Å². The summed E-state index contributed by atoms with van der Waals surface area (Å²) in [7, 11) is 1.45. The van der Waals surface area contributed by atoms with Crippen LogP contribution in [-0.2, 0) is 9.53 Å². The van der Waals surface area contributed by atoms with E-state index in [0.717, 1.165) is 11.3 Å². The van der Waals surface area contributed by atoms with Gasteiger partial charge in [-0.25, -0.2) is 9.79 Å². The van der Waals surface area contributed by atoms with Crippen LogP contribution in [0.4, 0.5) is 0 Å². The number of hydrogen-bond acceptors (Lipinski definition) is 9. The zero-order chi connectivity index (χ0) is 29.0. The molecule has 0 bridgehead atoms. The van der Waals surface area contributed by atoms with E-state index in [1.807, 2.05) is 6.92 Å². The summed E-state index contributed by atoms with van der Waals surface area (Å²) in [5.74, 6) is 0.563. The number of ether oxygens (including phenoxy) is 4. The van der Waals surface area contributed by atoms with Crippen molar-refractivity contribution in [2.75, 3.05) is 26.9 Å². The van der Waals surface area contributed by atoms with Gasteiger partial charge in [-0.2, -0.15) is 0 Å². The number of phenolic OH excluding ortho intramolecular Hbond substituents is 1. The predicted molar refractivity (Wildman–Crippen MR) is 156 cm³/mol. The summed E-state index contributed by atoms with van der Waals surface area (Å²) in [6, 6.07) is 7.75. The number of aromatic hydroxyl groups is 1. The van der Waals surface area contributed by atoms with Gasteiger partial charge in [0.15, 0.2) is 27.8 Å². The SMILES string of the molecule is C=CCOc1ccc(C2C(C(=O)OCC)=C(C)N=c3sc(=Cc4cc(Br)cc(OC)c4O)c(=O)n32)cc1OCC. The van der Waals surface area contributed by atoms with Crippen molar-refractivity contribution >= 4 is 39.3 Å². The van der Waals surface area contributed by atoms with Gasteiger partial charge in [-0.1, -0.05) is 46.0 Å². The minimum Gasteiger partial charge on any atom is -0.504 e. The van der Waals surface area contributed by atoms with Crippen molar-refractivity contribution in [1.82, 2.24) is 4.57 Å². The summed E-state index contributed by atoms with van der Waals surface area (Å²) in [5, 5.41) is 10.7. The number of carbonyl (C=O) groups is 1. The number of nitrogens with zero attached hydrogens (tertiary/aromatic N) is 2. The van der Waals surface area contributed by atoms with Gasteiger partial charge in [-0.3, -0.25) is 9.36 Å². The Bertz CT molecular complexity index is 1670. The maximum atomic E-state index is 13.9. The third-order valence-corrected chi connectivity index (χ3v) is 7.47. The highest BCUT2D eigenvalue weighted by molar-refractivity contribution is 9.10. The van der Waals surface area contributed by atoms with Gasteiger partial charge in [0.1, 0.15) is 6.61 Å². The molecule has 0 fully saturated rings. The molecule has 0 radical (unpaired) electrons. The van der Waals surface area contributed by atoms with Crippen molar-refractivity contribution in [3.63, 3.8) is 0 Å². The fraction of sp³-hybridized carbons (Fsp3) is 0.276. The zero-order valence-electron chi connectivity index (χ0n) is 22.5. The molecular formula is C29H29BrN2O7S. The second kappa shape index (κ2) is 12.6. The standard InChI is InChI=1S/C29H29BrN2O7S/c1-6-11-39-20-10-9-17(13-21(20)37-7-2)25-24(28(35)38-8-3)16(4)31-29-32(25)27(34)23(40-29)14-18-12-19(30)15-22(36-5)26(18)33/h6,9-10,12-15,25,33H,1,7-8,11H2,2-5H3. The number of benzene rings is 2. The van der Waals surface area contributed by atoms with Crippen LogP contribution >= 0.6 is 27.3 Å². The summed E-state index contributed by atoms with van der Waals surface area (Å²) in [4.78, 5) is 32.1. The molecule has 1 atom stereocenters. The zero-order valence-corrected chi connectivity index (χ0v) is 24.9. The topological polar surface area (TPSA) is 109 Å².